The van der Waals surface area contributed by atoms with Crippen molar-refractivity contribution in [3.8, 4) is 5.69 Å². The number of H-pyrrole nitrogens is 1. The lowest BCUT2D eigenvalue weighted by Crippen LogP contribution is -2.35. The van der Waals surface area contributed by atoms with E-state index in [-0.39, 0.29) is 22.0 Å². The van der Waals surface area contributed by atoms with Crippen LogP contribution in [0.4, 0.5) is 0 Å². The minimum Gasteiger partial charge on any atom is -0.478 e. The van der Waals surface area contributed by atoms with Gasteiger partial charge in [0, 0.05) is 6.07 Å². The molecule has 6 nitrogen and oxygen atoms in total. The molecule has 0 saturated carbocycles. The highest BCUT2D eigenvalue weighted by molar-refractivity contribution is 6.66. The lowest BCUT2D eigenvalue weighted by Gasteiger charge is -2.12. The molecule has 0 bridgehead atoms. The molecular formula is C12H6Cl4N2O4. The van der Waals surface area contributed by atoms with E-state index in [1.807, 2.05) is 0 Å². The number of nitrogens with zero attached hydrogens (tertiary/aromatic N) is 1. The first-order valence-corrected chi connectivity index (χ1v) is 7.09. The number of nitrogens with one attached hydrogen (secondary N) is 1. The summed E-state index contributed by atoms with van der Waals surface area (Å²) in [6.07, 6.45) is 0. The van der Waals surface area contributed by atoms with Gasteiger partial charge in [-0.2, -0.15) is 0 Å². The van der Waals surface area contributed by atoms with Gasteiger partial charge in [0.1, 0.15) is 0 Å². The monoisotopic (exact) mass is 382 g/mol. The molecule has 1 heterocycles. The van der Waals surface area contributed by atoms with E-state index in [9.17, 15) is 14.4 Å². The Kier molecular flexibility index (Phi) is 4.58. The van der Waals surface area contributed by atoms with Crippen molar-refractivity contribution in [1.82, 2.24) is 9.55 Å². The number of alkyl halides is 3. The van der Waals surface area contributed by atoms with E-state index >= 15 is 0 Å². The smallest absolute Gasteiger partial charge is 0.337 e. The Morgan fingerprint density at radius 3 is 2.32 bits per heavy atom. The number of aromatic amines is 1. The molecule has 0 atom stereocenters. The molecule has 2 N–H and O–H groups in total. The van der Waals surface area contributed by atoms with Crippen LogP contribution >= 0.6 is 46.4 Å². The van der Waals surface area contributed by atoms with Crippen LogP contribution in [0.2, 0.25) is 5.02 Å². The lowest BCUT2D eigenvalue weighted by atomic mass is 10.2. The van der Waals surface area contributed by atoms with E-state index in [1.165, 1.54) is 12.1 Å². The minimum atomic E-state index is -1.97. The van der Waals surface area contributed by atoms with Crippen LogP contribution in [0, 0.1) is 0 Å². The molecule has 0 fully saturated rings. The molecule has 0 unspecified atom stereocenters. The SMILES string of the molecule is O=C(O)c1cc(-n2c(=O)cc(C(Cl)(Cl)Cl)[nH]c2=O)ccc1Cl. The molecule has 2 aromatic rings. The number of rotatable bonds is 2. The fraction of sp³-hybridized carbons (Fsp3) is 0.0833. The van der Waals surface area contributed by atoms with Gasteiger partial charge in [-0.25, -0.2) is 14.2 Å². The largest absolute Gasteiger partial charge is 0.478 e. The molecule has 0 aliphatic carbocycles. The molecule has 0 radical (unpaired) electrons. The zero-order valence-electron chi connectivity index (χ0n) is 10.4. The van der Waals surface area contributed by atoms with Crippen LogP contribution in [0.5, 0.6) is 0 Å². The number of carbonyl (C=O) groups is 1. The fourth-order valence-corrected chi connectivity index (χ4v) is 2.21. The topological polar surface area (TPSA) is 92.2 Å². The second kappa shape index (κ2) is 5.96. The summed E-state index contributed by atoms with van der Waals surface area (Å²) in [5, 5.41) is 8.99. The first kappa shape index (κ1) is 16.9. The van der Waals surface area contributed by atoms with Gasteiger partial charge in [-0.05, 0) is 18.2 Å². The van der Waals surface area contributed by atoms with Crippen LogP contribution < -0.4 is 11.2 Å². The molecule has 22 heavy (non-hydrogen) atoms. The Hall–Kier alpha value is -1.47. The molecule has 0 aliphatic heterocycles. The van der Waals surface area contributed by atoms with E-state index in [2.05, 4.69) is 4.98 Å². The second-order valence-electron chi connectivity index (χ2n) is 4.13. The Balaban J connectivity index is 2.70. The summed E-state index contributed by atoms with van der Waals surface area (Å²) < 4.78 is -1.27. The average molecular weight is 384 g/mol. The van der Waals surface area contributed by atoms with Crippen LogP contribution in [0.25, 0.3) is 5.69 Å². The number of halogens is 4. The average Bonchev–Trinajstić information content (AvgIpc) is 2.38. The van der Waals surface area contributed by atoms with E-state index in [0.29, 0.717) is 4.57 Å². The van der Waals surface area contributed by atoms with Crippen molar-refractivity contribution in [3.63, 3.8) is 0 Å². The van der Waals surface area contributed by atoms with Crippen molar-refractivity contribution < 1.29 is 9.90 Å². The summed E-state index contributed by atoms with van der Waals surface area (Å²) in [5.41, 5.74) is -2.10. The number of carboxylic acids is 1. The van der Waals surface area contributed by atoms with Crippen LogP contribution in [0.15, 0.2) is 33.9 Å². The van der Waals surface area contributed by atoms with Crippen LogP contribution in [-0.4, -0.2) is 20.6 Å². The Labute approximate surface area is 142 Å². The van der Waals surface area contributed by atoms with Crippen molar-refractivity contribution in [1.29, 1.82) is 0 Å². The maximum Gasteiger partial charge on any atom is 0.337 e. The van der Waals surface area contributed by atoms with Gasteiger partial charge in [0.2, 0.25) is 3.79 Å². The first-order valence-electron chi connectivity index (χ1n) is 5.58. The van der Waals surface area contributed by atoms with Crippen LogP contribution in [-0.2, 0) is 3.79 Å². The quantitative estimate of drug-likeness (QED) is 0.779. The van der Waals surface area contributed by atoms with Gasteiger partial charge in [0.05, 0.1) is 22.0 Å². The molecule has 0 aliphatic rings. The number of hydrogen-bond donors (Lipinski definition) is 2. The summed E-state index contributed by atoms with van der Waals surface area (Å²) in [6, 6.07) is 4.61. The predicted molar refractivity (Wildman–Crippen MR) is 83.9 cm³/mol. The fourth-order valence-electron chi connectivity index (χ4n) is 1.71. The van der Waals surface area contributed by atoms with E-state index in [1.54, 1.807) is 0 Å². The molecule has 10 heteroatoms. The molecule has 0 spiro atoms. The molecule has 1 aromatic heterocycles. The summed E-state index contributed by atoms with van der Waals surface area (Å²) in [4.78, 5) is 37.4. The third-order valence-electron chi connectivity index (χ3n) is 2.68. The summed E-state index contributed by atoms with van der Waals surface area (Å²) in [6.45, 7) is 0. The van der Waals surface area contributed by atoms with Gasteiger partial charge >= 0.3 is 11.7 Å². The number of carboxylic acid groups (broad SMARTS) is 1. The molecular weight excluding hydrogens is 378 g/mol. The molecule has 0 saturated heterocycles. The summed E-state index contributed by atoms with van der Waals surface area (Å²) >= 11 is 22.6. The Bertz CT molecular complexity index is 835. The van der Waals surface area contributed by atoms with E-state index in [0.717, 1.165) is 12.1 Å². The molecule has 116 valence electrons. The highest BCUT2D eigenvalue weighted by Crippen LogP contribution is 2.35. The van der Waals surface area contributed by atoms with Gasteiger partial charge in [0.15, 0.2) is 0 Å². The molecule has 2 rings (SSSR count). The van der Waals surface area contributed by atoms with E-state index < -0.39 is 21.0 Å². The van der Waals surface area contributed by atoms with Crippen LogP contribution in [0.1, 0.15) is 16.1 Å². The highest BCUT2D eigenvalue weighted by atomic mass is 35.6. The van der Waals surface area contributed by atoms with Crippen LogP contribution in [0.3, 0.4) is 0 Å². The molecule has 1 aromatic carbocycles. The van der Waals surface area contributed by atoms with Crippen molar-refractivity contribution in [2.24, 2.45) is 0 Å². The maximum absolute atomic E-state index is 12.1. The lowest BCUT2D eigenvalue weighted by molar-refractivity contribution is 0.0697. The Morgan fingerprint density at radius 1 is 1.18 bits per heavy atom. The standard InChI is InChI=1S/C12H6Cl4N2O4/c13-7-2-1-5(3-6(7)10(20)21)18-9(19)4-8(12(14,15)16)17-11(18)22/h1-4H,(H,17,22)(H,20,21). The summed E-state index contributed by atoms with van der Waals surface area (Å²) in [7, 11) is 0. The zero-order chi connectivity index (χ0) is 16.7. The summed E-state index contributed by atoms with van der Waals surface area (Å²) in [5.74, 6) is -1.30. The maximum atomic E-state index is 12.1. The number of aromatic nitrogens is 2. The van der Waals surface area contributed by atoms with Crippen molar-refractivity contribution >= 4 is 52.4 Å². The highest BCUT2D eigenvalue weighted by Gasteiger charge is 2.25. The normalized spacial score (nSPS) is 11.5. The van der Waals surface area contributed by atoms with Crippen molar-refractivity contribution in [3.05, 3.63) is 61.4 Å². The predicted octanol–water partition coefficient (Wildman–Crippen LogP) is 2.70. The van der Waals surface area contributed by atoms with Gasteiger partial charge in [-0.1, -0.05) is 46.4 Å². The number of hydrogen-bond acceptors (Lipinski definition) is 3. The van der Waals surface area contributed by atoms with E-state index in [4.69, 9.17) is 51.5 Å². The van der Waals surface area contributed by atoms with Crippen molar-refractivity contribution in [2.45, 2.75) is 3.79 Å². The first-order chi connectivity index (χ1) is 10.1. The third-order valence-corrected chi connectivity index (χ3v) is 3.62. The number of aromatic carboxylic acids is 1. The van der Waals surface area contributed by atoms with Crippen molar-refractivity contribution in [2.75, 3.05) is 0 Å². The van der Waals surface area contributed by atoms with Gasteiger partial charge in [0.25, 0.3) is 5.56 Å². The minimum absolute atomic E-state index is 0.0175. The third kappa shape index (κ3) is 3.30. The van der Waals surface area contributed by atoms with Gasteiger partial charge in [-0.15, -0.1) is 0 Å². The second-order valence-corrected chi connectivity index (χ2v) is 6.82. The van der Waals surface area contributed by atoms with Gasteiger partial charge < -0.3 is 10.1 Å². The Morgan fingerprint density at radius 2 is 1.82 bits per heavy atom. The van der Waals surface area contributed by atoms with Gasteiger partial charge in [-0.3, -0.25) is 4.79 Å². The molecule has 0 amide bonds. The zero-order valence-corrected chi connectivity index (χ0v) is 13.5. The number of benzene rings is 1.